The molecule has 0 aliphatic heterocycles. The standard InChI is InChI=1S/C18H19N5S/c1-11-7-14-17(8-12(11)2)23(10-19-14)13(3)18-21-15(9-24-18)16-5-6-20-22(16)4/h5-10,13H,1-4H3. The van der Waals surface area contributed by atoms with Gasteiger partial charge in [-0.25, -0.2) is 9.97 Å². The lowest BCUT2D eigenvalue weighted by molar-refractivity contribution is 0.652. The average Bonchev–Trinajstić information content (AvgIpc) is 3.26. The monoisotopic (exact) mass is 337 g/mol. The minimum Gasteiger partial charge on any atom is -0.321 e. The third-order valence-corrected chi connectivity index (χ3v) is 5.59. The first-order chi connectivity index (χ1) is 11.5. The first-order valence-electron chi connectivity index (χ1n) is 7.92. The van der Waals surface area contributed by atoms with Crippen molar-refractivity contribution in [2.45, 2.75) is 26.8 Å². The van der Waals surface area contributed by atoms with Gasteiger partial charge in [0.25, 0.3) is 0 Å². The summed E-state index contributed by atoms with van der Waals surface area (Å²) in [6.07, 6.45) is 3.71. The number of fused-ring (bicyclic) bond motifs is 1. The third kappa shape index (κ3) is 2.34. The molecule has 3 aromatic heterocycles. The Morgan fingerprint density at radius 3 is 2.71 bits per heavy atom. The number of thiazole rings is 1. The van der Waals surface area contributed by atoms with Gasteiger partial charge in [-0.15, -0.1) is 11.3 Å². The normalized spacial score (nSPS) is 12.8. The van der Waals surface area contributed by atoms with Gasteiger partial charge in [-0.1, -0.05) is 0 Å². The van der Waals surface area contributed by atoms with E-state index in [9.17, 15) is 0 Å². The molecule has 0 amide bonds. The van der Waals surface area contributed by atoms with Crippen LogP contribution in [0.3, 0.4) is 0 Å². The summed E-state index contributed by atoms with van der Waals surface area (Å²) in [5.74, 6) is 0. The van der Waals surface area contributed by atoms with E-state index in [1.165, 1.54) is 11.1 Å². The molecule has 6 heteroatoms. The zero-order valence-corrected chi connectivity index (χ0v) is 15.0. The van der Waals surface area contributed by atoms with Crippen molar-refractivity contribution >= 4 is 22.4 Å². The predicted octanol–water partition coefficient (Wildman–Crippen LogP) is 4.12. The van der Waals surface area contributed by atoms with Crippen LogP contribution in [0.4, 0.5) is 0 Å². The predicted molar refractivity (Wildman–Crippen MR) is 97.3 cm³/mol. The SMILES string of the molecule is Cc1cc2ncn(C(C)c3nc(-c4ccnn4C)cs3)c2cc1C. The second-order valence-electron chi connectivity index (χ2n) is 6.16. The van der Waals surface area contributed by atoms with Crippen molar-refractivity contribution in [3.8, 4) is 11.4 Å². The zero-order chi connectivity index (χ0) is 16.8. The highest BCUT2D eigenvalue weighted by atomic mass is 32.1. The molecule has 4 aromatic rings. The summed E-state index contributed by atoms with van der Waals surface area (Å²) in [5.41, 5.74) is 6.75. The number of hydrogen-bond donors (Lipinski definition) is 0. The van der Waals surface area contributed by atoms with E-state index in [1.807, 2.05) is 24.1 Å². The van der Waals surface area contributed by atoms with Gasteiger partial charge in [0.05, 0.1) is 34.8 Å². The van der Waals surface area contributed by atoms with Crippen molar-refractivity contribution < 1.29 is 0 Å². The smallest absolute Gasteiger partial charge is 0.116 e. The number of nitrogens with zero attached hydrogens (tertiary/aromatic N) is 5. The van der Waals surface area contributed by atoms with Crippen molar-refractivity contribution in [1.82, 2.24) is 24.3 Å². The fourth-order valence-corrected chi connectivity index (χ4v) is 3.80. The molecule has 0 spiro atoms. The maximum absolute atomic E-state index is 4.83. The number of benzene rings is 1. The van der Waals surface area contributed by atoms with Gasteiger partial charge in [0.2, 0.25) is 0 Å². The fraction of sp³-hybridized carbons (Fsp3) is 0.278. The summed E-state index contributed by atoms with van der Waals surface area (Å²) < 4.78 is 4.05. The molecular formula is C18H19N5S. The molecule has 5 nitrogen and oxygen atoms in total. The van der Waals surface area contributed by atoms with Gasteiger partial charge < -0.3 is 4.57 Å². The quantitative estimate of drug-likeness (QED) is 0.565. The van der Waals surface area contributed by atoms with Gasteiger partial charge >= 0.3 is 0 Å². The topological polar surface area (TPSA) is 48.5 Å². The van der Waals surface area contributed by atoms with E-state index >= 15 is 0 Å². The summed E-state index contributed by atoms with van der Waals surface area (Å²) in [4.78, 5) is 9.39. The van der Waals surface area contributed by atoms with Crippen LogP contribution in [-0.2, 0) is 7.05 Å². The zero-order valence-electron chi connectivity index (χ0n) is 14.2. The van der Waals surface area contributed by atoms with E-state index in [0.717, 1.165) is 27.4 Å². The Morgan fingerprint density at radius 2 is 1.96 bits per heavy atom. The Hall–Kier alpha value is -2.47. The van der Waals surface area contributed by atoms with Crippen molar-refractivity contribution in [3.63, 3.8) is 0 Å². The van der Waals surface area contributed by atoms with Gasteiger partial charge in [-0.05, 0) is 50.1 Å². The molecule has 0 N–H and O–H groups in total. The van der Waals surface area contributed by atoms with E-state index in [1.54, 1.807) is 17.5 Å². The molecule has 0 bridgehead atoms. The molecule has 4 rings (SSSR count). The number of hydrogen-bond acceptors (Lipinski definition) is 4. The lowest BCUT2D eigenvalue weighted by atomic mass is 10.1. The second kappa shape index (κ2) is 5.56. The summed E-state index contributed by atoms with van der Waals surface area (Å²) in [6, 6.07) is 6.49. The van der Waals surface area contributed by atoms with Crippen molar-refractivity contribution in [1.29, 1.82) is 0 Å². The van der Waals surface area contributed by atoms with Crippen LogP contribution < -0.4 is 0 Å². The Balaban J connectivity index is 1.74. The first kappa shape index (κ1) is 15.1. The average molecular weight is 337 g/mol. The van der Waals surface area contributed by atoms with Crippen molar-refractivity contribution in [2.75, 3.05) is 0 Å². The number of rotatable bonds is 3. The van der Waals surface area contributed by atoms with Gasteiger partial charge in [-0.2, -0.15) is 5.10 Å². The van der Waals surface area contributed by atoms with E-state index < -0.39 is 0 Å². The van der Waals surface area contributed by atoms with Crippen molar-refractivity contribution in [2.24, 2.45) is 7.05 Å². The Morgan fingerprint density at radius 1 is 1.17 bits per heavy atom. The summed E-state index contributed by atoms with van der Waals surface area (Å²) in [6.45, 7) is 6.43. The molecule has 1 aromatic carbocycles. The molecule has 1 unspecified atom stereocenters. The first-order valence-corrected chi connectivity index (χ1v) is 8.80. The van der Waals surface area contributed by atoms with Gasteiger partial charge in [0, 0.05) is 18.6 Å². The minimum absolute atomic E-state index is 0.143. The fourth-order valence-electron chi connectivity index (χ4n) is 2.93. The van der Waals surface area contributed by atoms with Crippen LogP contribution in [0.15, 0.2) is 36.1 Å². The molecule has 0 saturated heterocycles. The lowest BCUT2D eigenvalue weighted by Crippen LogP contribution is -2.05. The summed E-state index contributed by atoms with van der Waals surface area (Å²) in [7, 11) is 1.94. The van der Waals surface area contributed by atoms with Crippen molar-refractivity contribution in [3.05, 3.63) is 52.2 Å². The molecule has 0 saturated carbocycles. The van der Waals surface area contributed by atoms with E-state index in [2.05, 4.69) is 52.9 Å². The van der Waals surface area contributed by atoms with E-state index in [0.29, 0.717) is 0 Å². The minimum atomic E-state index is 0.143. The van der Waals surface area contributed by atoms with E-state index in [-0.39, 0.29) is 6.04 Å². The van der Waals surface area contributed by atoms with Crippen LogP contribution in [0.5, 0.6) is 0 Å². The highest BCUT2D eigenvalue weighted by Gasteiger charge is 2.17. The van der Waals surface area contributed by atoms with Gasteiger partial charge in [0.15, 0.2) is 0 Å². The maximum Gasteiger partial charge on any atom is 0.116 e. The molecule has 0 aliphatic rings. The molecule has 0 aliphatic carbocycles. The molecular weight excluding hydrogens is 318 g/mol. The molecule has 3 heterocycles. The molecule has 24 heavy (non-hydrogen) atoms. The highest BCUT2D eigenvalue weighted by molar-refractivity contribution is 7.10. The van der Waals surface area contributed by atoms with Crippen LogP contribution in [-0.4, -0.2) is 24.3 Å². The highest BCUT2D eigenvalue weighted by Crippen LogP contribution is 2.29. The molecule has 0 radical (unpaired) electrons. The number of aromatic nitrogens is 5. The number of aryl methyl sites for hydroxylation is 3. The maximum atomic E-state index is 4.83. The Bertz CT molecular complexity index is 1020. The van der Waals surface area contributed by atoms with Gasteiger partial charge in [-0.3, -0.25) is 4.68 Å². The Kier molecular flexibility index (Phi) is 3.49. The number of imidazole rings is 1. The van der Waals surface area contributed by atoms with Crippen LogP contribution in [0.1, 0.15) is 29.1 Å². The van der Waals surface area contributed by atoms with Crippen LogP contribution in [0.25, 0.3) is 22.4 Å². The van der Waals surface area contributed by atoms with Gasteiger partial charge in [0.1, 0.15) is 5.01 Å². The summed E-state index contributed by atoms with van der Waals surface area (Å²) >= 11 is 1.68. The second-order valence-corrected chi connectivity index (χ2v) is 7.05. The molecule has 122 valence electrons. The molecule has 1 atom stereocenters. The van der Waals surface area contributed by atoms with Crippen LogP contribution >= 0.6 is 11.3 Å². The summed E-state index contributed by atoms with van der Waals surface area (Å²) in [5, 5.41) is 7.39. The van der Waals surface area contributed by atoms with E-state index in [4.69, 9.17) is 4.98 Å². The third-order valence-electron chi connectivity index (χ3n) is 4.57. The van der Waals surface area contributed by atoms with Crippen LogP contribution in [0.2, 0.25) is 0 Å². The van der Waals surface area contributed by atoms with Crippen LogP contribution in [0, 0.1) is 13.8 Å². The Labute approximate surface area is 144 Å². The lowest BCUT2D eigenvalue weighted by Gasteiger charge is -2.12. The molecule has 0 fully saturated rings. The largest absolute Gasteiger partial charge is 0.321 e.